The van der Waals surface area contributed by atoms with Crippen molar-refractivity contribution < 1.29 is 9.90 Å². The summed E-state index contributed by atoms with van der Waals surface area (Å²) in [7, 11) is 0. The van der Waals surface area contributed by atoms with Gasteiger partial charge in [0.1, 0.15) is 0 Å². The van der Waals surface area contributed by atoms with E-state index >= 15 is 0 Å². The molecule has 0 saturated heterocycles. The molecule has 0 spiro atoms. The van der Waals surface area contributed by atoms with Gasteiger partial charge in [-0.2, -0.15) is 25.3 Å². The molecule has 0 aliphatic heterocycles. The highest BCUT2D eigenvalue weighted by molar-refractivity contribution is 7.81. The molecule has 110 valence electrons. The fourth-order valence-corrected chi connectivity index (χ4v) is 1.82. The zero-order valence-electron chi connectivity index (χ0n) is 11.7. The molecule has 0 unspecified atom stereocenters. The lowest BCUT2D eigenvalue weighted by atomic mass is 10.1. The van der Waals surface area contributed by atoms with Crippen molar-refractivity contribution in [3.63, 3.8) is 0 Å². The van der Waals surface area contributed by atoms with Gasteiger partial charge in [-0.25, -0.2) is 0 Å². The molecule has 0 radical (unpaired) electrons. The number of rotatable bonds is 11. The fraction of sp³-hybridized carbons (Fsp3) is 0.929. The summed E-state index contributed by atoms with van der Waals surface area (Å²) in [6, 6.07) is 0. The van der Waals surface area contributed by atoms with E-state index in [0.717, 1.165) is 5.75 Å². The van der Waals surface area contributed by atoms with Gasteiger partial charge in [-0.3, -0.25) is 4.79 Å². The van der Waals surface area contributed by atoms with Gasteiger partial charge in [0.15, 0.2) is 0 Å². The van der Waals surface area contributed by atoms with Crippen LogP contribution in [0.1, 0.15) is 71.1 Å². The van der Waals surface area contributed by atoms with Crippen molar-refractivity contribution in [2.75, 3.05) is 11.5 Å². The highest BCUT2D eigenvalue weighted by Gasteiger charge is 1.91. The summed E-state index contributed by atoms with van der Waals surface area (Å²) in [5.41, 5.74) is 0. The fourth-order valence-electron chi connectivity index (χ4n) is 1.60. The van der Waals surface area contributed by atoms with Crippen LogP contribution >= 0.6 is 25.3 Å². The molecule has 2 nitrogen and oxygen atoms in total. The van der Waals surface area contributed by atoms with Crippen molar-refractivity contribution in [3.05, 3.63) is 0 Å². The molecule has 0 bridgehead atoms. The van der Waals surface area contributed by atoms with Gasteiger partial charge in [-0.15, -0.1) is 0 Å². The van der Waals surface area contributed by atoms with Crippen LogP contribution in [0, 0.1) is 0 Å². The Labute approximate surface area is 124 Å². The lowest BCUT2D eigenvalue weighted by molar-refractivity contribution is -0.133. The smallest absolute Gasteiger partial charge is 0.313 e. The van der Waals surface area contributed by atoms with Crippen molar-refractivity contribution in [2.24, 2.45) is 0 Å². The Morgan fingerprint density at radius 3 is 1.44 bits per heavy atom. The number of hydrogen-bond acceptors (Lipinski definition) is 3. The van der Waals surface area contributed by atoms with Crippen molar-refractivity contribution in [1.82, 2.24) is 0 Å². The Kier molecular flexibility index (Phi) is 22.2. The second kappa shape index (κ2) is 19.5. The summed E-state index contributed by atoms with van der Waals surface area (Å²) in [6.07, 6.45) is 14.2. The Hall–Kier alpha value is 0.170. The summed E-state index contributed by atoms with van der Waals surface area (Å²) in [5, 5.41) is 7.65. The molecule has 0 aliphatic carbocycles. The monoisotopic (exact) mass is 294 g/mol. The normalized spacial score (nSPS) is 9.72. The van der Waals surface area contributed by atoms with Gasteiger partial charge in [-0.05, 0) is 12.2 Å². The average Bonchev–Trinajstić information content (AvgIpc) is 2.37. The number of hydrogen-bond donors (Lipinski definition) is 3. The first-order valence-electron chi connectivity index (χ1n) is 7.12. The van der Waals surface area contributed by atoms with Gasteiger partial charge in [0.25, 0.3) is 0 Å². The summed E-state index contributed by atoms with van der Waals surface area (Å²) in [4.78, 5) is 9.29. The standard InChI is InChI=1S/C12H26S.C2H4O2S/c1-2-3-4-5-6-7-8-9-10-11-12-13;3-2(4)1-5/h13H,2-12H2,1H3;5H,1H2,(H,3,4). The summed E-state index contributed by atoms with van der Waals surface area (Å²) in [5.74, 6) is 0.101. The van der Waals surface area contributed by atoms with Gasteiger partial charge in [0.05, 0.1) is 5.75 Å². The molecule has 0 aliphatic rings. The Morgan fingerprint density at radius 2 is 1.17 bits per heavy atom. The minimum absolute atomic E-state index is 0.0833. The molecule has 18 heavy (non-hydrogen) atoms. The summed E-state index contributed by atoms with van der Waals surface area (Å²) in [6.45, 7) is 2.28. The third-order valence-corrected chi connectivity index (χ3v) is 3.23. The van der Waals surface area contributed by atoms with E-state index in [9.17, 15) is 4.79 Å². The van der Waals surface area contributed by atoms with Crippen LogP contribution in [0.25, 0.3) is 0 Å². The number of carboxylic acids is 1. The molecule has 0 fully saturated rings. The van der Waals surface area contributed by atoms with E-state index in [1.165, 1.54) is 64.2 Å². The molecule has 0 rings (SSSR count). The molecule has 0 aromatic rings. The number of unbranched alkanes of at least 4 members (excludes halogenated alkanes) is 9. The van der Waals surface area contributed by atoms with Gasteiger partial charge in [0.2, 0.25) is 0 Å². The number of aliphatic carboxylic acids is 1. The lowest BCUT2D eigenvalue weighted by Gasteiger charge is -2.00. The molecule has 1 N–H and O–H groups in total. The number of thiol groups is 2. The maximum Gasteiger partial charge on any atom is 0.313 e. The van der Waals surface area contributed by atoms with E-state index in [2.05, 4.69) is 32.2 Å². The SMILES string of the molecule is CCCCCCCCCCCCS.O=C(O)CS. The second-order valence-corrected chi connectivity index (χ2v) is 5.22. The average molecular weight is 295 g/mol. The number of carboxylic acid groups (broad SMARTS) is 1. The van der Waals surface area contributed by atoms with E-state index in [1.54, 1.807) is 0 Å². The van der Waals surface area contributed by atoms with Gasteiger partial charge in [-0.1, -0.05) is 64.7 Å². The molecule has 0 aromatic carbocycles. The predicted molar refractivity (Wildman–Crippen MR) is 87.2 cm³/mol. The van der Waals surface area contributed by atoms with E-state index in [0.29, 0.717) is 0 Å². The minimum atomic E-state index is -0.881. The highest BCUT2D eigenvalue weighted by Crippen LogP contribution is 2.10. The van der Waals surface area contributed by atoms with Crippen molar-refractivity contribution in [2.45, 2.75) is 71.1 Å². The summed E-state index contributed by atoms with van der Waals surface area (Å²) < 4.78 is 0. The highest BCUT2D eigenvalue weighted by atomic mass is 32.1. The van der Waals surface area contributed by atoms with E-state index in [4.69, 9.17) is 5.11 Å². The first-order chi connectivity index (χ1) is 8.68. The van der Waals surface area contributed by atoms with Gasteiger partial charge < -0.3 is 5.11 Å². The molecule has 0 amide bonds. The van der Waals surface area contributed by atoms with Crippen LogP contribution in [0.5, 0.6) is 0 Å². The molecule has 0 heterocycles. The van der Waals surface area contributed by atoms with Crippen LogP contribution < -0.4 is 0 Å². The van der Waals surface area contributed by atoms with Gasteiger partial charge in [0, 0.05) is 0 Å². The Morgan fingerprint density at radius 1 is 0.833 bits per heavy atom. The van der Waals surface area contributed by atoms with E-state index < -0.39 is 5.97 Å². The van der Waals surface area contributed by atoms with E-state index in [1.807, 2.05) is 0 Å². The minimum Gasteiger partial charge on any atom is -0.481 e. The maximum absolute atomic E-state index is 9.29. The van der Waals surface area contributed by atoms with Crippen molar-refractivity contribution >= 4 is 31.2 Å². The second-order valence-electron chi connectivity index (χ2n) is 4.46. The lowest BCUT2D eigenvalue weighted by Crippen LogP contribution is -1.92. The first kappa shape index (κ1) is 20.5. The quantitative estimate of drug-likeness (QED) is 0.377. The van der Waals surface area contributed by atoms with Gasteiger partial charge >= 0.3 is 5.97 Å². The number of carbonyl (C=O) groups is 1. The van der Waals surface area contributed by atoms with Crippen LogP contribution in [0.15, 0.2) is 0 Å². The van der Waals surface area contributed by atoms with Crippen LogP contribution in [0.4, 0.5) is 0 Å². The van der Waals surface area contributed by atoms with Crippen LogP contribution in [0.2, 0.25) is 0 Å². The molecule has 0 atom stereocenters. The molecule has 0 aromatic heterocycles. The largest absolute Gasteiger partial charge is 0.481 e. The summed E-state index contributed by atoms with van der Waals surface area (Å²) >= 11 is 7.62. The van der Waals surface area contributed by atoms with Crippen LogP contribution in [-0.4, -0.2) is 22.6 Å². The third kappa shape index (κ3) is 25.1. The molecular formula is C14H30O2S2. The topological polar surface area (TPSA) is 37.3 Å². The van der Waals surface area contributed by atoms with Crippen molar-refractivity contribution in [3.8, 4) is 0 Å². The van der Waals surface area contributed by atoms with Crippen LogP contribution in [-0.2, 0) is 4.79 Å². The third-order valence-electron chi connectivity index (χ3n) is 2.65. The van der Waals surface area contributed by atoms with Crippen molar-refractivity contribution in [1.29, 1.82) is 0 Å². The zero-order valence-corrected chi connectivity index (χ0v) is 13.5. The Balaban J connectivity index is 0. The maximum atomic E-state index is 9.29. The first-order valence-corrected chi connectivity index (χ1v) is 8.39. The predicted octanol–water partition coefficient (Wildman–Crippen LogP) is 4.84. The van der Waals surface area contributed by atoms with Crippen LogP contribution in [0.3, 0.4) is 0 Å². The molecular weight excluding hydrogens is 264 g/mol. The molecule has 4 heteroatoms. The molecule has 0 saturated carbocycles. The Bertz CT molecular complexity index is 154. The zero-order chi connectivity index (χ0) is 14.1. The van der Waals surface area contributed by atoms with E-state index in [-0.39, 0.29) is 5.75 Å².